The van der Waals surface area contributed by atoms with Gasteiger partial charge in [0.1, 0.15) is 5.82 Å². The Labute approximate surface area is 165 Å². The molecule has 0 saturated carbocycles. The maximum atomic E-state index is 14.1. The highest BCUT2D eigenvalue weighted by Crippen LogP contribution is 2.32. The van der Waals surface area contributed by atoms with E-state index < -0.39 is 31.7 Å². The second-order valence-corrected chi connectivity index (χ2v) is 9.09. The number of amides is 1. The molecule has 0 radical (unpaired) electrons. The number of nitro groups is 1. The molecule has 1 amide bonds. The third kappa shape index (κ3) is 4.00. The SMILES string of the molecule is O=C(c1cc([N+](=O)[O-])ccc1Cl)N1CCC(c2ccccc2F)S(=O)(=O)CC1. The summed E-state index contributed by atoms with van der Waals surface area (Å²) in [5.41, 5.74) is -0.290. The van der Waals surface area contributed by atoms with Crippen LogP contribution in [0, 0.1) is 15.9 Å². The molecular weight excluding hydrogens is 411 g/mol. The molecule has 148 valence electrons. The van der Waals surface area contributed by atoms with Crippen LogP contribution in [-0.4, -0.2) is 43.0 Å². The molecule has 2 aromatic rings. The Morgan fingerprint density at radius 1 is 1.21 bits per heavy atom. The normalized spacial score (nSPS) is 19.1. The number of carbonyl (C=O) groups excluding carboxylic acids is 1. The number of nitro benzene ring substituents is 1. The molecule has 1 heterocycles. The van der Waals surface area contributed by atoms with Crippen LogP contribution in [0.1, 0.15) is 27.6 Å². The molecular formula is C18H16ClFN2O5S. The van der Waals surface area contributed by atoms with Crippen molar-refractivity contribution < 1.29 is 22.5 Å². The van der Waals surface area contributed by atoms with E-state index in [9.17, 15) is 27.7 Å². The quantitative estimate of drug-likeness (QED) is 0.553. The van der Waals surface area contributed by atoms with Gasteiger partial charge < -0.3 is 4.90 Å². The molecule has 1 aliphatic heterocycles. The minimum atomic E-state index is -3.69. The van der Waals surface area contributed by atoms with E-state index in [1.165, 1.54) is 35.2 Å². The van der Waals surface area contributed by atoms with Gasteiger partial charge in [-0.05, 0) is 18.6 Å². The zero-order valence-corrected chi connectivity index (χ0v) is 16.1. The van der Waals surface area contributed by atoms with Gasteiger partial charge in [-0.3, -0.25) is 14.9 Å². The molecule has 0 aromatic heterocycles. The average Bonchev–Trinajstić information content (AvgIpc) is 2.80. The summed E-state index contributed by atoms with van der Waals surface area (Å²) < 4.78 is 39.4. The number of hydrogen-bond donors (Lipinski definition) is 0. The zero-order chi connectivity index (χ0) is 20.5. The van der Waals surface area contributed by atoms with Gasteiger partial charge >= 0.3 is 0 Å². The molecule has 1 atom stereocenters. The number of non-ortho nitro benzene ring substituents is 1. The molecule has 3 rings (SSSR count). The largest absolute Gasteiger partial charge is 0.338 e. The summed E-state index contributed by atoms with van der Waals surface area (Å²) in [5.74, 6) is -1.56. The summed E-state index contributed by atoms with van der Waals surface area (Å²) >= 11 is 6.02. The van der Waals surface area contributed by atoms with Crippen molar-refractivity contribution in [2.75, 3.05) is 18.8 Å². The van der Waals surface area contributed by atoms with Crippen molar-refractivity contribution in [3.05, 3.63) is 74.5 Å². The van der Waals surface area contributed by atoms with E-state index in [1.807, 2.05) is 0 Å². The fraction of sp³-hybridized carbons (Fsp3) is 0.278. The maximum Gasteiger partial charge on any atom is 0.270 e. The average molecular weight is 427 g/mol. The van der Waals surface area contributed by atoms with Gasteiger partial charge in [0.05, 0.1) is 26.5 Å². The van der Waals surface area contributed by atoms with E-state index in [0.29, 0.717) is 0 Å². The van der Waals surface area contributed by atoms with Gasteiger partial charge in [0.2, 0.25) is 0 Å². The molecule has 0 aliphatic carbocycles. The summed E-state index contributed by atoms with van der Waals surface area (Å²) in [6.45, 7) is -0.0543. The highest BCUT2D eigenvalue weighted by atomic mass is 35.5. The van der Waals surface area contributed by atoms with Crippen LogP contribution in [0.5, 0.6) is 0 Å². The van der Waals surface area contributed by atoms with Crippen molar-refractivity contribution in [2.45, 2.75) is 11.7 Å². The third-order valence-electron chi connectivity index (χ3n) is 4.67. The molecule has 1 saturated heterocycles. The first-order valence-electron chi connectivity index (χ1n) is 8.40. The molecule has 28 heavy (non-hydrogen) atoms. The molecule has 1 fully saturated rings. The number of rotatable bonds is 3. The number of sulfone groups is 1. The molecule has 0 spiro atoms. The number of carbonyl (C=O) groups is 1. The highest BCUT2D eigenvalue weighted by molar-refractivity contribution is 7.91. The van der Waals surface area contributed by atoms with Crippen molar-refractivity contribution >= 4 is 33.0 Å². The molecule has 1 unspecified atom stereocenters. The number of hydrogen-bond acceptors (Lipinski definition) is 5. The summed E-state index contributed by atoms with van der Waals surface area (Å²) in [5, 5.41) is 9.93. The second kappa shape index (κ2) is 7.84. The lowest BCUT2D eigenvalue weighted by molar-refractivity contribution is -0.384. The van der Waals surface area contributed by atoms with Gasteiger partial charge in [-0.1, -0.05) is 29.8 Å². The first kappa shape index (κ1) is 20.2. The Morgan fingerprint density at radius 3 is 2.61 bits per heavy atom. The number of halogens is 2. The first-order valence-corrected chi connectivity index (χ1v) is 10.5. The Balaban J connectivity index is 1.89. The molecule has 0 bridgehead atoms. The summed E-state index contributed by atoms with van der Waals surface area (Å²) in [7, 11) is -3.69. The maximum absolute atomic E-state index is 14.1. The van der Waals surface area contributed by atoms with Crippen LogP contribution < -0.4 is 0 Å². The second-order valence-electron chi connectivity index (χ2n) is 6.38. The Kier molecular flexibility index (Phi) is 5.66. The smallest absolute Gasteiger partial charge is 0.270 e. The monoisotopic (exact) mass is 426 g/mol. The molecule has 1 aliphatic rings. The first-order chi connectivity index (χ1) is 13.2. The number of nitrogens with zero attached hydrogens (tertiary/aromatic N) is 2. The van der Waals surface area contributed by atoms with E-state index in [-0.39, 0.29) is 47.1 Å². The van der Waals surface area contributed by atoms with Crippen LogP contribution in [-0.2, 0) is 9.84 Å². The Bertz CT molecular complexity index is 1040. The number of benzene rings is 2. The predicted molar refractivity (Wildman–Crippen MR) is 102 cm³/mol. The van der Waals surface area contributed by atoms with Gasteiger partial charge in [0.15, 0.2) is 9.84 Å². The van der Waals surface area contributed by atoms with Gasteiger partial charge in [0.25, 0.3) is 11.6 Å². The summed E-state index contributed by atoms with van der Waals surface area (Å²) in [6.07, 6.45) is 0.0154. The van der Waals surface area contributed by atoms with Crippen molar-refractivity contribution in [3.8, 4) is 0 Å². The fourth-order valence-electron chi connectivity index (χ4n) is 3.19. The lowest BCUT2D eigenvalue weighted by atomic mass is 10.1. The summed E-state index contributed by atoms with van der Waals surface area (Å²) in [6, 6.07) is 9.16. The lowest BCUT2D eigenvalue weighted by Crippen LogP contribution is -2.33. The van der Waals surface area contributed by atoms with Crippen LogP contribution in [0.4, 0.5) is 10.1 Å². The Hall–Kier alpha value is -2.52. The van der Waals surface area contributed by atoms with Crippen molar-refractivity contribution in [1.29, 1.82) is 0 Å². The van der Waals surface area contributed by atoms with Crippen molar-refractivity contribution in [3.63, 3.8) is 0 Å². The van der Waals surface area contributed by atoms with E-state index in [1.54, 1.807) is 6.07 Å². The summed E-state index contributed by atoms with van der Waals surface area (Å²) in [4.78, 5) is 24.4. The Morgan fingerprint density at radius 2 is 1.93 bits per heavy atom. The fourth-order valence-corrected chi connectivity index (χ4v) is 5.19. The van der Waals surface area contributed by atoms with E-state index in [2.05, 4.69) is 0 Å². The van der Waals surface area contributed by atoms with Crippen LogP contribution in [0.2, 0.25) is 5.02 Å². The van der Waals surface area contributed by atoms with E-state index >= 15 is 0 Å². The van der Waals surface area contributed by atoms with Gasteiger partial charge in [-0.15, -0.1) is 0 Å². The zero-order valence-electron chi connectivity index (χ0n) is 14.5. The standard InChI is InChI=1S/C18H16ClFN2O5S/c19-15-6-5-12(22(24)25)11-14(15)18(23)21-8-7-17(28(26,27)10-9-21)13-3-1-2-4-16(13)20/h1-6,11,17H,7-10H2. The van der Waals surface area contributed by atoms with Crippen LogP contribution in [0.25, 0.3) is 0 Å². The van der Waals surface area contributed by atoms with Crippen LogP contribution >= 0.6 is 11.6 Å². The van der Waals surface area contributed by atoms with Crippen LogP contribution in [0.15, 0.2) is 42.5 Å². The molecule has 10 heteroatoms. The topological polar surface area (TPSA) is 97.6 Å². The molecule has 7 nitrogen and oxygen atoms in total. The van der Waals surface area contributed by atoms with Crippen LogP contribution in [0.3, 0.4) is 0 Å². The van der Waals surface area contributed by atoms with Gasteiger partial charge in [-0.25, -0.2) is 12.8 Å². The predicted octanol–water partition coefficient (Wildman–Crippen LogP) is 3.39. The highest BCUT2D eigenvalue weighted by Gasteiger charge is 2.34. The minimum absolute atomic E-state index is 0.0154. The van der Waals surface area contributed by atoms with Crippen molar-refractivity contribution in [1.82, 2.24) is 4.90 Å². The molecule has 0 N–H and O–H groups in total. The minimum Gasteiger partial charge on any atom is -0.338 e. The molecule has 2 aromatic carbocycles. The third-order valence-corrected chi connectivity index (χ3v) is 7.11. The lowest BCUT2D eigenvalue weighted by Gasteiger charge is -2.20. The van der Waals surface area contributed by atoms with Gasteiger partial charge in [-0.2, -0.15) is 0 Å². The van der Waals surface area contributed by atoms with Crippen molar-refractivity contribution in [2.24, 2.45) is 0 Å². The van der Waals surface area contributed by atoms with E-state index in [4.69, 9.17) is 11.6 Å². The van der Waals surface area contributed by atoms with E-state index in [0.717, 1.165) is 6.07 Å². The van der Waals surface area contributed by atoms with Gasteiger partial charge in [0, 0.05) is 30.8 Å².